The van der Waals surface area contributed by atoms with Crippen LogP contribution in [-0.2, 0) is 39.9 Å². The van der Waals surface area contributed by atoms with Gasteiger partial charge in [0, 0.05) is 11.3 Å². The summed E-state index contributed by atoms with van der Waals surface area (Å²) in [5.74, 6) is -1.94. The number of β-lactam (4-membered cyclic amide) rings is 1. The van der Waals surface area contributed by atoms with Gasteiger partial charge in [-0.3, -0.25) is 14.5 Å². The second kappa shape index (κ2) is 11.3. The molecule has 2 aliphatic heterocycles. The minimum absolute atomic E-state index is 0.0223. The first kappa shape index (κ1) is 26.9. The van der Waals surface area contributed by atoms with Crippen molar-refractivity contribution in [1.82, 2.24) is 10.2 Å². The molecular weight excluding hydrogens is 494 g/mol. The number of rotatable bonds is 8. The lowest BCUT2D eigenvalue weighted by atomic mass is 9.98. The van der Waals surface area contributed by atoms with Crippen molar-refractivity contribution in [2.75, 3.05) is 19.2 Å². The molecule has 2 heterocycles. The van der Waals surface area contributed by atoms with E-state index in [-0.39, 0.29) is 30.2 Å². The molecule has 1 aromatic rings. The summed E-state index contributed by atoms with van der Waals surface area (Å²) in [5.41, 5.74) is 5.12. The van der Waals surface area contributed by atoms with Crippen LogP contribution in [0.3, 0.4) is 0 Å². The maximum atomic E-state index is 12.9. The molecule has 0 saturated carbocycles. The van der Waals surface area contributed by atoms with Gasteiger partial charge < -0.3 is 30.0 Å². The van der Waals surface area contributed by atoms with E-state index in [4.69, 9.17) is 24.7 Å². The van der Waals surface area contributed by atoms with Gasteiger partial charge in [-0.25, -0.2) is 14.4 Å². The Morgan fingerprint density at radius 1 is 1.06 bits per heavy atom. The second-order valence-corrected chi connectivity index (χ2v) is 9.99. The SMILES string of the molecule is CC(C)(C)C(=O)OCOC(=O)C1=C(COC(N)=O)CS[C@@H]2C(NC(=O)OCc3ccccc3)C(=O)N12. The summed E-state index contributed by atoms with van der Waals surface area (Å²) in [5, 5.41) is 1.89. The Hall–Kier alpha value is -3.74. The lowest BCUT2D eigenvalue weighted by Gasteiger charge is -2.49. The Bertz CT molecular complexity index is 1070. The Kier molecular flexibility index (Phi) is 8.45. The summed E-state index contributed by atoms with van der Waals surface area (Å²) in [6, 6.07) is 8.07. The summed E-state index contributed by atoms with van der Waals surface area (Å²) >= 11 is 1.25. The van der Waals surface area contributed by atoms with Gasteiger partial charge in [0.05, 0.1) is 5.41 Å². The van der Waals surface area contributed by atoms with Crippen LogP contribution in [-0.4, -0.2) is 65.5 Å². The third-order valence-electron chi connectivity index (χ3n) is 5.11. The van der Waals surface area contributed by atoms with Gasteiger partial charge in [-0.15, -0.1) is 11.8 Å². The molecule has 0 bridgehead atoms. The van der Waals surface area contributed by atoms with Gasteiger partial charge in [-0.2, -0.15) is 0 Å². The van der Waals surface area contributed by atoms with Gasteiger partial charge in [0.2, 0.25) is 6.79 Å². The standard InChI is InChI=1S/C23H27N3O9S/c1-23(2,3)20(29)35-12-34-19(28)16-14(10-32-21(24)30)11-36-18-15(17(27)26(16)18)25-22(31)33-9-13-7-5-4-6-8-13/h4-8,15,18H,9-12H2,1-3H3,(H2,24,30)(H,25,31)/t15?,18-/m1/s1. The molecule has 2 aliphatic rings. The van der Waals surface area contributed by atoms with Crippen molar-refractivity contribution in [3.63, 3.8) is 0 Å². The fourth-order valence-corrected chi connectivity index (χ4v) is 4.58. The van der Waals surface area contributed by atoms with Gasteiger partial charge in [-0.1, -0.05) is 30.3 Å². The lowest BCUT2D eigenvalue weighted by Crippen LogP contribution is -2.70. The minimum Gasteiger partial charge on any atom is -0.445 e. The van der Waals surface area contributed by atoms with Crippen molar-refractivity contribution in [3.8, 4) is 0 Å². The van der Waals surface area contributed by atoms with Crippen LogP contribution >= 0.6 is 11.8 Å². The largest absolute Gasteiger partial charge is 0.445 e. The van der Waals surface area contributed by atoms with E-state index in [1.54, 1.807) is 45.0 Å². The number of benzene rings is 1. The summed E-state index contributed by atoms with van der Waals surface area (Å²) in [6.45, 7) is 3.92. The number of alkyl carbamates (subject to hydrolysis) is 1. The topological polar surface area (TPSA) is 164 Å². The normalized spacial score (nSPS) is 19.0. The number of nitrogens with zero attached hydrogens (tertiary/aromatic N) is 1. The van der Waals surface area contributed by atoms with Crippen molar-refractivity contribution in [3.05, 3.63) is 47.2 Å². The number of hydrogen-bond acceptors (Lipinski definition) is 10. The quantitative estimate of drug-likeness (QED) is 0.222. The molecule has 1 unspecified atom stereocenters. The van der Waals surface area contributed by atoms with E-state index in [2.05, 4.69) is 5.32 Å². The first-order valence-corrected chi connectivity index (χ1v) is 11.9. The summed E-state index contributed by atoms with van der Waals surface area (Å²) < 4.78 is 20.0. The van der Waals surface area contributed by atoms with Crippen LogP contribution in [0.25, 0.3) is 0 Å². The third-order valence-corrected chi connectivity index (χ3v) is 6.45. The van der Waals surface area contributed by atoms with Crippen LogP contribution in [0.4, 0.5) is 9.59 Å². The number of nitrogens with two attached hydrogens (primary N) is 1. The van der Waals surface area contributed by atoms with Gasteiger partial charge in [0.1, 0.15) is 30.3 Å². The maximum absolute atomic E-state index is 12.9. The van der Waals surface area contributed by atoms with Crippen molar-refractivity contribution in [2.45, 2.75) is 38.8 Å². The van der Waals surface area contributed by atoms with Gasteiger partial charge in [-0.05, 0) is 26.3 Å². The zero-order chi connectivity index (χ0) is 26.5. The molecule has 36 heavy (non-hydrogen) atoms. The molecule has 13 heteroatoms. The van der Waals surface area contributed by atoms with Crippen LogP contribution < -0.4 is 11.1 Å². The predicted molar refractivity (Wildman–Crippen MR) is 126 cm³/mol. The van der Waals surface area contributed by atoms with Crippen molar-refractivity contribution in [2.24, 2.45) is 11.1 Å². The number of nitrogens with one attached hydrogen (secondary N) is 1. The smallest absolute Gasteiger partial charge is 0.408 e. The second-order valence-electron chi connectivity index (χ2n) is 8.88. The molecule has 3 N–H and O–H groups in total. The Balaban J connectivity index is 1.66. The zero-order valence-electron chi connectivity index (χ0n) is 20.0. The molecule has 0 aliphatic carbocycles. The number of primary amides is 1. The molecule has 194 valence electrons. The number of carbonyl (C=O) groups excluding carboxylic acids is 5. The molecule has 0 radical (unpaired) electrons. The van der Waals surface area contributed by atoms with E-state index in [0.717, 1.165) is 10.5 Å². The fraction of sp³-hybridized carbons (Fsp3) is 0.435. The van der Waals surface area contributed by atoms with Crippen LogP contribution in [0.2, 0.25) is 0 Å². The summed E-state index contributed by atoms with van der Waals surface area (Å²) in [7, 11) is 0. The molecule has 0 aromatic heterocycles. The van der Waals surface area contributed by atoms with E-state index in [1.807, 2.05) is 6.07 Å². The lowest BCUT2D eigenvalue weighted by molar-refractivity contribution is -0.173. The average molecular weight is 522 g/mol. The highest BCUT2D eigenvalue weighted by molar-refractivity contribution is 8.00. The Labute approximate surface area is 211 Å². The van der Waals surface area contributed by atoms with E-state index >= 15 is 0 Å². The van der Waals surface area contributed by atoms with E-state index in [9.17, 15) is 24.0 Å². The number of hydrogen-bond donors (Lipinski definition) is 2. The van der Waals surface area contributed by atoms with Crippen LogP contribution in [0.5, 0.6) is 0 Å². The van der Waals surface area contributed by atoms with E-state index < -0.39 is 53.7 Å². The van der Waals surface area contributed by atoms with E-state index in [0.29, 0.717) is 0 Å². The average Bonchev–Trinajstić information content (AvgIpc) is 2.83. The summed E-state index contributed by atoms with van der Waals surface area (Å²) in [6.07, 6.45) is -1.85. The number of carbonyl (C=O) groups is 5. The molecule has 1 aromatic carbocycles. The molecular formula is C23H27N3O9S. The van der Waals surface area contributed by atoms with Gasteiger partial charge in [0.25, 0.3) is 5.91 Å². The Morgan fingerprint density at radius 3 is 2.39 bits per heavy atom. The summed E-state index contributed by atoms with van der Waals surface area (Å²) in [4.78, 5) is 62.1. The van der Waals surface area contributed by atoms with Crippen LogP contribution in [0, 0.1) is 5.41 Å². The van der Waals surface area contributed by atoms with Crippen molar-refractivity contribution >= 4 is 41.8 Å². The van der Waals surface area contributed by atoms with Crippen molar-refractivity contribution < 1.29 is 42.9 Å². The third kappa shape index (κ3) is 6.47. The van der Waals surface area contributed by atoms with Crippen molar-refractivity contribution in [1.29, 1.82) is 0 Å². The van der Waals surface area contributed by atoms with Gasteiger partial charge in [0.15, 0.2) is 0 Å². The molecule has 3 rings (SSSR count). The monoisotopic (exact) mass is 521 g/mol. The number of amides is 3. The highest BCUT2D eigenvalue weighted by Crippen LogP contribution is 2.40. The number of ether oxygens (including phenoxy) is 4. The van der Waals surface area contributed by atoms with Crippen LogP contribution in [0.15, 0.2) is 41.6 Å². The number of thioether (sulfide) groups is 1. The molecule has 2 atom stereocenters. The number of esters is 2. The molecule has 1 fully saturated rings. The first-order valence-electron chi connectivity index (χ1n) is 10.9. The molecule has 0 spiro atoms. The van der Waals surface area contributed by atoms with Crippen LogP contribution in [0.1, 0.15) is 26.3 Å². The highest BCUT2D eigenvalue weighted by atomic mass is 32.2. The van der Waals surface area contributed by atoms with Gasteiger partial charge >= 0.3 is 24.1 Å². The first-order chi connectivity index (χ1) is 17.0. The maximum Gasteiger partial charge on any atom is 0.408 e. The molecule has 12 nitrogen and oxygen atoms in total. The Morgan fingerprint density at radius 2 is 1.75 bits per heavy atom. The van der Waals surface area contributed by atoms with E-state index in [1.165, 1.54) is 11.8 Å². The minimum atomic E-state index is -1.06. The fourth-order valence-electron chi connectivity index (χ4n) is 3.25. The highest BCUT2D eigenvalue weighted by Gasteiger charge is 2.54. The number of fused-ring (bicyclic) bond motifs is 1. The predicted octanol–water partition coefficient (Wildman–Crippen LogP) is 1.64. The zero-order valence-corrected chi connectivity index (χ0v) is 20.8. The molecule has 3 amide bonds. The molecule has 1 saturated heterocycles.